The average molecular weight is 471 g/mol. The molecule has 0 saturated carbocycles. The molecular weight excluding hydrogens is 432 g/mol. The summed E-state index contributed by atoms with van der Waals surface area (Å²) in [6.45, 7) is 7.13. The van der Waals surface area contributed by atoms with Crippen molar-refractivity contribution in [1.82, 2.24) is 19.6 Å². The van der Waals surface area contributed by atoms with Crippen molar-refractivity contribution in [2.45, 2.75) is 32.7 Å². The lowest BCUT2D eigenvalue weighted by atomic mass is 10.0. The zero-order valence-electron chi connectivity index (χ0n) is 19.7. The van der Waals surface area contributed by atoms with Gasteiger partial charge >= 0.3 is 11.9 Å². The van der Waals surface area contributed by atoms with Gasteiger partial charge in [-0.15, -0.1) is 0 Å². The van der Waals surface area contributed by atoms with E-state index < -0.39 is 18.0 Å². The third-order valence-electron chi connectivity index (χ3n) is 5.93. The molecular formula is C22H38N4O7. The Morgan fingerprint density at radius 3 is 1.64 bits per heavy atom. The van der Waals surface area contributed by atoms with E-state index in [9.17, 15) is 34.2 Å². The third kappa shape index (κ3) is 11.5. The van der Waals surface area contributed by atoms with Gasteiger partial charge < -0.3 is 19.8 Å². The van der Waals surface area contributed by atoms with Gasteiger partial charge in [0.05, 0.1) is 19.6 Å². The Hall–Kier alpha value is -2.21. The summed E-state index contributed by atoms with van der Waals surface area (Å²) in [4.78, 5) is 65.0. The minimum absolute atomic E-state index is 0.0132. The van der Waals surface area contributed by atoms with Gasteiger partial charge in [-0.3, -0.25) is 34.0 Å². The van der Waals surface area contributed by atoms with Crippen molar-refractivity contribution in [2.75, 3.05) is 72.0 Å². The predicted molar refractivity (Wildman–Crippen MR) is 121 cm³/mol. The number of Topliss-reactive ketones (excluding diaryl/α,β-unsaturated/α-hetero) is 1. The number of carboxylic acids is 2. The van der Waals surface area contributed by atoms with Gasteiger partial charge in [0.1, 0.15) is 24.4 Å². The lowest BCUT2D eigenvalue weighted by molar-refractivity contribution is -0.144. The van der Waals surface area contributed by atoms with Gasteiger partial charge in [-0.05, 0) is 6.42 Å². The van der Waals surface area contributed by atoms with E-state index in [1.165, 1.54) is 0 Å². The van der Waals surface area contributed by atoms with Crippen molar-refractivity contribution in [1.29, 1.82) is 0 Å². The molecule has 0 aromatic carbocycles. The number of hydrogen-bond acceptors (Lipinski definition) is 9. The topological polar surface area (TPSA) is 139 Å². The fourth-order valence-corrected chi connectivity index (χ4v) is 3.82. The van der Waals surface area contributed by atoms with E-state index in [-0.39, 0.29) is 44.2 Å². The second-order valence-electron chi connectivity index (χ2n) is 8.65. The Kier molecular flexibility index (Phi) is 13.6. The molecule has 1 atom stereocenters. The highest BCUT2D eigenvalue weighted by Crippen LogP contribution is 2.12. The maximum atomic E-state index is 12.1. The Bertz CT molecular complexity index is 633. The van der Waals surface area contributed by atoms with Crippen molar-refractivity contribution in [3.05, 3.63) is 0 Å². The van der Waals surface area contributed by atoms with Crippen molar-refractivity contribution < 1.29 is 34.2 Å². The van der Waals surface area contributed by atoms with Crippen LogP contribution in [0.4, 0.5) is 0 Å². The van der Waals surface area contributed by atoms with E-state index in [0.29, 0.717) is 52.4 Å². The molecule has 1 aliphatic rings. The van der Waals surface area contributed by atoms with Crippen molar-refractivity contribution >= 4 is 30.3 Å². The van der Waals surface area contributed by atoms with E-state index in [2.05, 4.69) is 0 Å². The quantitative estimate of drug-likeness (QED) is 0.345. The zero-order valence-corrected chi connectivity index (χ0v) is 19.7. The first-order chi connectivity index (χ1) is 15.7. The second kappa shape index (κ2) is 15.6. The summed E-state index contributed by atoms with van der Waals surface area (Å²) in [5.74, 6) is -2.10. The molecule has 0 spiro atoms. The molecule has 1 aliphatic heterocycles. The predicted octanol–water partition coefficient (Wildman–Crippen LogP) is -0.851. The standard InChI is InChI=1S/C22H38N4O7/c1-18(2)20(29)4-3-19(22(32)33)26-11-9-23(13-15-27)5-7-25(17-21(30)31)8-6-24(10-12-26)14-16-28/h15-16,18-19H,3-14,17H2,1-2H3,(H,30,31)(H,32,33). The van der Waals surface area contributed by atoms with Gasteiger partial charge in [0.25, 0.3) is 0 Å². The number of aliphatic carboxylic acids is 2. The summed E-state index contributed by atoms with van der Waals surface area (Å²) in [6.07, 6.45) is 1.92. The lowest BCUT2D eigenvalue weighted by Crippen LogP contribution is -2.51. The summed E-state index contributed by atoms with van der Waals surface area (Å²) in [7, 11) is 0. The van der Waals surface area contributed by atoms with E-state index in [4.69, 9.17) is 0 Å². The highest BCUT2D eigenvalue weighted by molar-refractivity contribution is 5.81. The van der Waals surface area contributed by atoms with Crippen LogP contribution in [0.25, 0.3) is 0 Å². The first-order valence-electron chi connectivity index (χ1n) is 11.4. The number of nitrogens with zero attached hydrogens (tertiary/aromatic N) is 4. The Morgan fingerprint density at radius 2 is 1.24 bits per heavy atom. The van der Waals surface area contributed by atoms with Gasteiger partial charge in [0, 0.05) is 64.7 Å². The van der Waals surface area contributed by atoms with Crippen molar-refractivity contribution in [3.8, 4) is 0 Å². The molecule has 188 valence electrons. The molecule has 11 heteroatoms. The van der Waals surface area contributed by atoms with Crippen LogP contribution in [0.3, 0.4) is 0 Å². The lowest BCUT2D eigenvalue weighted by Gasteiger charge is -2.35. The molecule has 0 bridgehead atoms. The van der Waals surface area contributed by atoms with E-state index in [0.717, 1.165) is 12.6 Å². The van der Waals surface area contributed by atoms with Crippen LogP contribution >= 0.6 is 0 Å². The molecule has 0 radical (unpaired) electrons. The SMILES string of the molecule is CC(C)C(=O)CCC(C(=O)O)N1CCN(CC=O)CCN(CC(=O)O)CCN(CC=O)CC1. The van der Waals surface area contributed by atoms with Crippen LogP contribution in [0.5, 0.6) is 0 Å². The molecule has 0 aromatic heterocycles. The van der Waals surface area contributed by atoms with E-state index in [1.54, 1.807) is 18.7 Å². The van der Waals surface area contributed by atoms with Crippen molar-refractivity contribution in [3.63, 3.8) is 0 Å². The summed E-state index contributed by atoms with van der Waals surface area (Å²) >= 11 is 0. The van der Waals surface area contributed by atoms with Crippen molar-refractivity contribution in [2.24, 2.45) is 5.92 Å². The largest absolute Gasteiger partial charge is 0.480 e. The highest BCUT2D eigenvalue weighted by atomic mass is 16.4. The number of ketones is 1. The molecule has 1 fully saturated rings. The Morgan fingerprint density at radius 1 is 0.788 bits per heavy atom. The molecule has 1 heterocycles. The molecule has 2 N–H and O–H groups in total. The summed E-state index contributed by atoms with van der Waals surface area (Å²) < 4.78 is 0. The fraction of sp³-hybridized carbons (Fsp3) is 0.773. The summed E-state index contributed by atoms with van der Waals surface area (Å²) in [5.41, 5.74) is 0. The first-order valence-corrected chi connectivity index (χ1v) is 11.4. The van der Waals surface area contributed by atoms with Crippen LogP contribution in [-0.2, 0) is 24.0 Å². The van der Waals surface area contributed by atoms with Crippen LogP contribution in [0.1, 0.15) is 26.7 Å². The summed E-state index contributed by atoms with van der Waals surface area (Å²) in [6, 6.07) is -0.852. The molecule has 11 nitrogen and oxygen atoms in total. The minimum Gasteiger partial charge on any atom is -0.480 e. The van der Waals surface area contributed by atoms with Crippen LogP contribution < -0.4 is 0 Å². The highest BCUT2D eigenvalue weighted by Gasteiger charge is 2.28. The van der Waals surface area contributed by atoms with Crippen LogP contribution in [0, 0.1) is 5.92 Å². The van der Waals surface area contributed by atoms with Crippen LogP contribution in [-0.4, -0.2) is 138 Å². The maximum absolute atomic E-state index is 12.1. The normalized spacial score (nSPS) is 19.4. The molecule has 33 heavy (non-hydrogen) atoms. The van der Waals surface area contributed by atoms with E-state index in [1.807, 2.05) is 14.7 Å². The number of hydrogen-bond donors (Lipinski definition) is 2. The van der Waals surface area contributed by atoms with Gasteiger partial charge in [-0.25, -0.2) is 0 Å². The number of rotatable bonds is 12. The number of carboxylic acid groups (broad SMARTS) is 2. The fourth-order valence-electron chi connectivity index (χ4n) is 3.82. The Balaban J connectivity index is 3.03. The van der Waals surface area contributed by atoms with Gasteiger partial charge in [0.15, 0.2) is 0 Å². The van der Waals surface area contributed by atoms with Gasteiger partial charge in [-0.1, -0.05) is 13.8 Å². The van der Waals surface area contributed by atoms with Gasteiger partial charge in [0.2, 0.25) is 0 Å². The minimum atomic E-state index is -1.00. The number of aldehydes is 2. The van der Waals surface area contributed by atoms with Crippen LogP contribution in [0.15, 0.2) is 0 Å². The molecule has 0 amide bonds. The van der Waals surface area contributed by atoms with E-state index >= 15 is 0 Å². The average Bonchev–Trinajstić information content (AvgIpc) is 2.74. The third-order valence-corrected chi connectivity index (χ3v) is 5.93. The maximum Gasteiger partial charge on any atom is 0.320 e. The molecule has 0 aliphatic carbocycles. The second-order valence-corrected chi connectivity index (χ2v) is 8.65. The monoisotopic (exact) mass is 470 g/mol. The number of carbonyl (C=O) groups excluding carboxylic acids is 3. The van der Waals surface area contributed by atoms with Gasteiger partial charge in [-0.2, -0.15) is 0 Å². The smallest absolute Gasteiger partial charge is 0.320 e. The first kappa shape index (κ1) is 28.8. The zero-order chi connectivity index (χ0) is 24.8. The number of carbonyl (C=O) groups is 5. The Labute approximate surface area is 195 Å². The van der Waals surface area contributed by atoms with Crippen LogP contribution in [0.2, 0.25) is 0 Å². The molecule has 1 unspecified atom stereocenters. The molecule has 1 rings (SSSR count). The summed E-state index contributed by atoms with van der Waals surface area (Å²) in [5, 5.41) is 19.1. The molecule has 0 aromatic rings. The molecule has 1 saturated heterocycles.